The summed E-state index contributed by atoms with van der Waals surface area (Å²) in [5, 5.41) is 3.65. The van der Waals surface area contributed by atoms with Crippen LogP contribution in [0.15, 0.2) is 24.3 Å². The number of terminal acetylenes is 1. The minimum Gasteiger partial charge on any atom is -0.329 e. The summed E-state index contributed by atoms with van der Waals surface area (Å²) >= 11 is 0. The van der Waals surface area contributed by atoms with E-state index in [0.717, 1.165) is 32.1 Å². The average molecular weight is 256 g/mol. The van der Waals surface area contributed by atoms with Gasteiger partial charge < -0.3 is 5.73 Å². The fraction of sp³-hybridized carbons (Fsp3) is 0.529. The Hall–Kier alpha value is -1.30. The Balaban J connectivity index is 2.15. The van der Waals surface area contributed by atoms with Crippen molar-refractivity contribution in [1.29, 1.82) is 0 Å². The Morgan fingerprint density at radius 3 is 2.79 bits per heavy atom. The molecule has 2 unspecified atom stereocenters. The van der Waals surface area contributed by atoms with E-state index in [9.17, 15) is 0 Å². The normalized spacial score (nSPS) is 23.4. The van der Waals surface area contributed by atoms with Gasteiger partial charge >= 0.3 is 0 Å². The van der Waals surface area contributed by atoms with Gasteiger partial charge in [0.25, 0.3) is 0 Å². The molecule has 1 aliphatic rings. The van der Waals surface area contributed by atoms with Gasteiger partial charge in [-0.1, -0.05) is 43.5 Å². The van der Waals surface area contributed by atoms with E-state index in [2.05, 4.69) is 42.4 Å². The molecule has 2 rings (SSSR count). The van der Waals surface area contributed by atoms with Crippen LogP contribution >= 0.6 is 0 Å². The molecule has 2 nitrogen and oxygen atoms in total. The maximum atomic E-state index is 6.06. The third-order valence-corrected chi connectivity index (χ3v) is 4.17. The zero-order valence-corrected chi connectivity index (χ0v) is 11.8. The fourth-order valence-electron chi connectivity index (χ4n) is 3.01. The van der Waals surface area contributed by atoms with Gasteiger partial charge in [-0.15, -0.1) is 6.42 Å². The summed E-state index contributed by atoms with van der Waals surface area (Å²) < 4.78 is 0. The van der Waals surface area contributed by atoms with Gasteiger partial charge in [0.05, 0.1) is 6.04 Å². The van der Waals surface area contributed by atoms with Gasteiger partial charge in [-0.05, 0) is 36.8 Å². The minimum atomic E-state index is -0.0272. The van der Waals surface area contributed by atoms with Gasteiger partial charge in [0.15, 0.2) is 0 Å². The molecule has 0 radical (unpaired) electrons. The lowest BCUT2D eigenvalue weighted by molar-refractivity contribution is 0.273. The predicted octanol–water partition coefficient (Wildman–Crippen LogP) is 2.26. The first-order valence-corrected chi connectivity index (χ1v) is 7.23. The summed E-state index contributed by atoms with van der Waals surface area (Å²) in [5.41, 5.74) is 8.91. The van der Waals surface area contributed by atoms with Crippen molar-refractivity contribution in [3.8, 4) is 12.3 Å². The second-order valence-electron chi connectivity index (χ2n) is 5.58. The zero-order valence-electron chi connectivity index (χ0n) is 11.8. The highest BCUT2D eigenvalue weighted by molar-refractivity contribution is 5.32. The van der Waals surface area contributed by atoms with E-state index in [4.69, 9.17) is 12.2 Å². The summed E-state index contributed by atoms with van der Waals surface area (Å²) in [5.74, 6) is 2.87. The van der Waals surface area contributed by atoms with E-state index in [1.807, 2.05) is 0 Å². The van der Waals surface area contributed by atoms with Gasteiger partial charge in [0.1, 0.15) is 0 Å². The van der Waals surface area contributed by atoms with Crippen LogP contribution in [-0.4, -0.2) is 18.1 Å². The van der Waals surface area contributed by atoms with Crippen LogP contribution in [0, 0.1) is 12.3 Å². The number of rotatable bonds is 5. The van der Waals surface area contributed by atoms with Gasteiger partial charge in [-0.3, -0.25) is 5.32 Å². The van der Waals surface area contributed by atoms with E-state index in [1.54, 1.807) is 0 Å². The Morgan fingerprint density at radius 1 is 1.42 bits per heavy atom. The maximum absolute atomic E-state index is 6.06. The molecule has 1 aromatic carbocycles. The molecule has 102 valence electrons. The summed E-state index contributed by atoms with van der Waals surface area (Å²) in [6, 6.07) is 8.80. The molecule has 0 aliphatic heterocycles. The average Bonchev–Trinajstić information content (AvgIpc) is 2.46. The number of nitrogens with one attached hydrogen (secondary N) is 1. The van der Waals surface area contributed by atoms with Crippen LogP contribution < -0.4 is 11.1 Å². The minimum absolute atomic E-state index is 0.0272. The second kappa shape index (κ2) is 6.23. The molecule has 0 heterocycles. The number of hydrogen-bond acceptors (Lipinski definition) is 2. The first-order valence-electron chi connectivity index (χ1n) is 7.23. The highest BCUT2D eigenvalue weighted by Gasteiger charge is 2.34. The van der Waals surface area contributed by atoms with Crippen molar-refractivity contribution in [1.82, 2.24) is 5.32 Å². The maximum Gasteiger partial charge on any atom is 0.0691 e. The summed E-state index contributed by atoms with van der Waals surface area (Å²) in [6.07, 6.45) is 10.9. The topological polar surface area (TPSA) is 38.0 Å². The van der Waals surface area contributed by atoms with Crippen molar-refractivity contribution in [2.75, 3.05) is 6.54 Å². The third-order valence-electron chi connectivity index (χ3n) is 4.17. The molecule has 1 aliphatic carbocycles. The molecule has 2 heteroatoms. The van der Waals surface area contributed by atoms with Crippen LogP contribution in [0.5, 0.6) is 0 Å². The molecule has 1 aromatic rings. The Bertz CT molecular complexity index is 461. The van der Waals surface area contributed by atoms with Crippen molar-refractivity contribution >= 4 is 0 Å². The monoisotopic (exact) mass is 256 g/mol. The first kappa shape index (κ1) is 14.1. The predicted molar refractivity (Wildman–Crippen MR) is 80.9 cm³/mol. The molecule has 0 saturated heterocycles. The smallest absolute Gasteiger partial charge is 0.0691 e. The van der Waals surface area contributed by atoms with Crippen molar-refractivity contribution < 1.29 is 0 Å². The van der Waals surface area contributed by atoms with Gasteiger partial charge in [0, 0.05) is 12.1 Å². The van der Waals surface area contributed by atoms with Crippen LogP contribution in [0.3, 0.4) is 0 Å². The fourth-order valence-corrected chi connectivity index (χ4v) is 3.01. The van der Waals surface area contributed by atoms with E-state index in [-0.39, 0.29) is 11.6 Å². The SMILES string of the molecule is C#CC(CCC)NC1(CN)CCc2ccccc2C1. The van der Waals surface area contributed by atoms with Gasteiger partial charge in [0.2, 0.25) is 0 Å². The quantitative estimate of drug-likeness (QED) is 0.793. The van der Waals surface area contributed by atoms with Crippen LogP contribution in [0.1, 0.15) is 37.3 Å². The first-order chi connectivity index (χ1) is 9.23. The Kier molecular flexibility index (Phi) is 4.63. The van der Waals surface area contributed by atoms with E-state index >= 15 is 0 Å². The van der Waals surface area contributed by atoms with Gasteiger partial charge in [-0.25, -0.2) is 0 Å². The van der Waals surface area contributed by atoms with Crippen molar-refractivity contribution in [3.63, 3.8) is 0 Å². The molecule has 0 spiro atoms. The molecule has 19 heavy (non-hydrogen) atoms. The Labute approximate surface area is 116 Å². The van der Waals surface area contributed by atoms with Crippen LogP contribution in [0.2, 0.25) is 0 Å². The number of nitrogens with two attached hydrogens (primary N) is 1. The molecular formula is C17H24N2. The zero-order chi connectivity index (χ0) is 13.7. The lowest BCUT2D eigenvalue weighted by Crippen LogP contribution is -2.58. The molecule has 0 amide bonds. The van der Waals surface area contributed by atoms with Crippen molar-refractivity contribution in [2.24, 2.45) is 5.73 Å². The number of hydrogen-bond donors (Lipinski definition) is 2. The molecule has 0 bridgehead atoms. The molecule has 0 saturated carbocycles. The molecular weight excluding hydrogens is 232 g/mol. The highest BCUT2D eigenvalue weighted by atomic mass is 15.0. The van der Waals surface area contributed by atoms with Gasteiger partial charge in [-0.2, -0.15) is 0 Å². The van der Waals surface area contributed by atoms with E-state index in [0.29, 0.717) is 6.54 Å². The summed E-state index contributed by atoms with van der Waals surface area (Å²) in [7, 11) is 0. The second-order valence-corrected chi connectivity index (χ2v) is 5.58. The van der Waals surface area contributed by atoms with E-state index in [1.165, 1.54) is 11.1 Å². The third kappa shape index (κ3) is 3.18. The lowest BCUT2D eigenvalue weighted by atomic mass is 9.77. The standard InChI is InChI=1S/C17H24N2/c1-3-7-16(4-2)19-17(13-18)11-10-14-8-5-6-9-15(14)12-17/h2,5-6,8-9,16,19H,3,7,10-13,18H2,1H3. The molecule has 2 atom stereocenters. The lowest BCUT2D eigenvalue weighted by Gasteiger charge is -2.40. The molecule has 0 aromatic heterocycles. The van der Waals surface area contributed by atoms with Crippen LogP contribution in [-0.2, 0) is 12.8 Å². The molecule has 0 fully saturated rings. The number of fused-ring (bicyclic) bond motifs is 1. The van der Waals surface area contributed by atoms with Crippen molar-refractivity contribution in [2.45, 2.75) is 50.6 Å². The number of aryl methyl sites for hydroxylation is 1. The molecule has 3 N–H and O–H groups in total. The number of benzene rings is 1. The summed E-state index contributed by atoms with van der Waals surface area (Å²) in [4.78, 5) is 0. The van der Waals surface area contributed by atoms with Crippen molar-refractivity contribution in [3.05, 3.63) is 35.4 Å². The van der Waals surface area contributed by atoms with Crippen LogP contribution in [0.4, 0.5) is 0 Å². The van der Waals surface area contributed by atoms with E-state index < -0.39 is 0 Å². The largest absolute Gasteiger partial charge is 0.329 e. The summed E-state index contributed by atoms with van der Waals surface area (Å²) in [6.45, 7) is 2.81. The highest BCUT2D eigenvalue weighted by Crippen LogP contribution is 2.28. The Morgan fingerprint density at radius 2 is 2.16 bits per heavy atom. The van der Waals surface area contributed by atoms with Crippen LogP contribution in [0.25, 0.3) is 0 Å².